The number of anilines is 2. The molecule has 0 saturated heterocycles. The molecule has 0 atom stereocenters. The number of amides is 2. The van der Waals surface area contributed by atoms with E-state index in [0.29, 0.717) is 0 Å². The maximum Gasteiger partial charge on any atom is 0.324 e. The van der Waals surface area contributed by atoms with Gasteiger partial charge in [-0.25, -0.2) is 9.48 Å². The lowest BCUT2D eigenvalue weighted by Crippen LogP contribution is -2.21. The first-order valence-corrected chi connectivity index (χ1v) is 6.87. The van der Waals surface area contributed by atoms with E-state index in [2.05, 4.69) is 15.7 Å². The molecule has 0 aliphatic heterocycles. The summed E-state index contributed by atoms with van der Waals surface area (Å²) in [6, 6.07) is 3.45. The normalized spacial score (nSPS) is 14.4. The van der Waals surface area contributed by atoms with Crippen molar-refractivity contribution in [3.8, 4) is 0 Å². The molecule has 0 unspecified atom stereocenters. The minimum atomic E-state index is -0.231. The van der Waals surface area contributed by atoms with Crippen molar-refractivity contribution in [3.63, 3.8) is 0 Å². The lowest BCUT2D eigenvalue weighted by atomic mass is 10.4. The van der Waals surface area contributed by atoms with Gasteiger partial charge in [0.1, 0.15) is 5.82 Å². The second-order valence-corrected chi connectivity index (χ2v) is 5.21. The average molecular weight is 262 g/mol. The Labute approximate surface area is 109 Å². The van der Waals surface area contributed by atoms with Crippen LogP contribution in [0.15, 0.2) is 29.1 Å². The quantitative estimate of drug-likeness (QED) is 0.889. The number of urea groups is 1. The minimum Gasteiger partial charge on any atom is -0.307 e. The zero-order chi connectivity index (χ0) is 12.4. The van der Waals surface area contributed by atoms with Gasteiger partial charge in [-0.3, -0.25) is 5.32 Å². The lowest BCUT2D eigenvalue weighted by molar-refractivity contribution is 0.262. The Hall–Kier alpha value is -1.82. The molecule has 1 aliphatic rings. The predicted octanol–water partition coefficient (Wildman–Crippen LogP) is 3.00. The number of carbonyl (C=O) groups excluding carboxylic acids is 1. The summed E-state index contributed by atoms with van der Waals surface area (Å²) in [6.45, 7) is 0.890. The molecule has 0 aromatic carbocycles. The largest absolute Gasteiger partial charge is 0.324 e. The molecule has 6 heteroatoms. The Bertz CT molecular complexity index is 530. The third-order valence-corrected chi connectivity index (χ3v) is 3.55. The SMILES string of the molecule is O=C(Nc1ccsc1)Nc1ccnn1CC1CC1. The fourth-order valence-electron chi connectivity index (χ4n) is 1.74. The summed E-state index contributed by atoms with van der Waals surface area (Å²) >= 11 is 1.55. The topological polar surface area (TPSA) is 59.0 Å². The van der Waals surface area contributed by atoms with E-state index in [0.717, 1.165) is 24.0 Å². The number of hydrogen-bond donors (Lipinski definition) is 2. The monoisotopic (exact) mass is 262 g/mol. The maximum absolute atomic E-state index is 11.8. The molecule has 2 amide bonds. The van der Waals surface area contributed by atoms with Crippen molar-refractivity contribution in [1.82, 2.24) is 9.78 Å². The summed E-state index contributed by atoms with van der Waals surface area (Å²) in [5.74, 6) is 1.47. The highest BCUT2D eigenvalue weighted by atomic mass is 32.1. The van der Waals surface area contributed by atoms with Crippen LogP contribution >= 0.6 is 11.3 Å². The van der Waals surface area contributed by atoms with Crippen LogP contribution < -0.4 is 10.6 Å². The van der Waals surface area contributed by atoms with Gasteiger partial charge in [-0.05, 0) is 30.2 Å². The second-order valence-electron chi connectivity index (χ2n) is 4.43. The summed E-state index contributed by atoms with van der Waals surface area (Å²) in [7, 11) is 0. The van der Waals surface area contributed by atoms with E-state index in [-0.39, 0.29) is 6.03 Å². The molecule has 0 radical (unpaired) electrons. The molecule has 0 spiro atoms. The van der Waals surface area contributed by atoms with Gasteiger partial charge >= 0.3 is 6.03 Å². The second kappa shape index (κ2) is 4.81. The molecule has 1 fully saturated rings. The molecule has 94 valence electrons. The molecule has 1 aliphatic carbocycles. The van der Waals surface area contributed by atoms with E-state index in [4.69, 9.17) is 0 Å². The number of hydrogen-bond acceptors (Lipinski definition) is 3. The van der Waals surface area contributed by atoms with Crippen molar-refractivity contribution in [3.05, 3.63) is 29.1 Å². The van der Waals surface area contributed by atoms with Crippen molar-refractivity contribution < 1.29 is 4.79 Å². The Morgan fingerprint density at radius 1 is 1.44 bits per heavy atom. The first kappa shape index (κ1) is 11.3. The Balaban J connectivity index is 1.61. The van der Waals surface area contributed by atoms with Gasteiger partial charge in [-0.1, -0.05) is 0 Å². The average Bonchev–Trinajstić information content (AvgIpc) is 2.83. The number of aromatic nitrogens is 2. The maximum atomic E-state index is 11.8. The van der Waals surface area contributed by atoms with E-state index >= 15 is 0 Å². The van der Waals surface area contributed by atoms with Crippen LogP contribution in [0.4, 0.5) is 16.3 Å². The first-order valence-electron chi connectivity index (χ1n) is 5.93. The van der Waals surface area contributed by atoms with Crippen molar-refractivity contribution >= 4 is 28.9 Å². The molecular formula is C12H14N4OS. The molecule has 2 heterocycles. The van der Waals surface area contributed by atoms with Gasteiger partial charge in [-0.2, -0.15) is 16.4 Å². The van der Waals surface area contributed by atoms with Gasteiger partial charge in [0.2, 0.25) is 0 Å². The van der Waals surface area contributed by atoms with Crippen LogP contribution in [0.5, 0.6) is 0 Å². The number of carbonyl (C=O) groups is 1. The zero-order valence-corrected chi connectivity index (χ0v) is 10.6. The zero-order valence-electron chi connectivity index (χ0n) is 9.80. The third-order valence-electron chi connectivity index (χ3n) is 2.87. The van der Waals surface area contributed by atoms with E-state index in [9.17, 15) is 4.79 Å². The smallest absolute Gasteiger partial charge is 0.307 e. The van der Waals surface area contributed by atoms with E-state index in [1.54, 1.807) is 17.5 Å². The molecule has 18 heavy (non-hydrogen) atoms. The van der Waals surface area contributed by atoms with Gasteiger partial charge in [0.05, 0.1) is 11.9 Å². The van der Waals surface area contributed by atoms with Gasteiger partial charge in [0, 0.05) is 18.0 Å². The van der Waals surface area contributed by atoms with Gasteiger partial charge < -0.3 is 5.32 Å². The number of nitrogens with zero attached hydrogens (tertiary/aromatic N) is 2. The standard InChI is InChI=1S/C12H14N4OS/c17-12(14-10-4-6-18-8-10)15-11-3-5-13-16(11)7-9-1-2-9/h3-6,8-9H,1-2,7H2,(H2,14,15,17). The minimum absolute atomic E-state index is 0.231. The summed E-state index contributed by atoms with van der Waals surface area (Å²) < 4.78 is 1.85. The van der Waals surface area contributed by atoms with Crippen LogP contribution in [0.3, 0.4) is 0 Å². The van der Waals surface area contributed by atoms with Crippen molar-refractivity contribution in [2.45, 2.75) is 19.4 Å². The summed E-state index contributed by atoms with van der Waals surface area (Å²) in [4.78, 5) is 11.8. The Kier molecular flexibility index (Phi) is 3.02. The molecule has 3 rings (SSSR count). The van der Waals surface area contributed by atoms with Gasteiger partial charge in [-0.15, -0.1) is 0 Å². The highest BCUT2D eigenvalue weighted by Crippen LogP contribution is 2.31. The predicted molar refractivity (Wildman–Crippen MR) is 71.9 cm³/mol. The number of nitrogens with one attached hydrogen (secondary N) is 2. The molecule has 2 aromatic rings. The molecule has 1 saturated carbocycles. The summed E-state index contributed by atoms with van der Waals surface area (Å²) in [6.07, 6.45) is 4.24. The van der Waals surface area contributed by atoms with Crippen LogP contribution in [0, 0.1) is 5.92 Å². The Morgan fingerprint density at radius 2 is 2.33 bits per heavy atom. The van der Waals surface area contributed by atoms with Gasteiger partial charge in [0.25, 0.3) is 0 Å². The molecular weight excluding hydrogens is 248 g/mol. The fraction of sp³-hybridized carbons (Fsp3) is 0.333. The van der Waals surface area contributed by atoms with Crippen LogP contribution in [0.1, 0.15) is 12.8 Å². The molecule has 0 bridgehead atoms. The summed E-state index contributed by atoms with van der Waals surface area (Å²) in [5.41, 5.74) is 0.811. The van der Waals surface area contributed by atoms with E-state index in [1.165, 1.54) is 12.8 Å². The lowest BCUT2D eigenvalue weighted by Gasteiger charge is -2.08. The highest BCUT2D eigenvalue weighted by molar-refractivity contribution is 7.08. The van der Waals surface area contributed by atoms with Crippen LogP contribution in [-0.4, -0.2) is 15.8 Å². The van der Waals surface area contributed by atoms with Crippen LogP contribution in [-0.2, 0) is 6.54 Å². The highest BCUT2D eigenvalue weighted by Gasteiger charge is 2.23. The van der Waals surface area contributed by atoms with E-state index < -0.39 is 0 Å². The van der Waals surface area contributed by atoms with Gasteiger partial charge in [0.15, 0.2) is 0 Å². The molecule has 5 nitrogen and oxygen atoms in total. The molecule has 2 aromatic heterocycles. The number of rotatable bonds is 4. The Morgan fingerprint density at radius 3 is 3.06 bits per heavy atom. The fourth-order valence-corrected chi connectivity index (χ4v) is 2.33. The first-order chi connectivity index (χ1) is 8.81. The van der Waals surface area contributed by atoms with Crippen LogP contribution in [0.2, 0.25) is 0 Å². The number of thiophene rings is 1. The van der Waals surface area contributed by atoms with Crippen molar-refractivity contribution in [2.24, 2.45) is 5.92 Å². The van der Waals surface area contributed by atoms with Crippen molar-refractivity contribution in [2.75, 3.05) is 10.6 Å². The molecule has 2 N–H and O–H groups in total. The van der Waals surface area contributed by atoms with Crippen LogP contribution in [0.25, 0.3) is 0 Å². The van der Waals surface area contributed by atoms with Crippen molar-refractivity contribution in [1.29, 1.82) is 0 Å². The van der Waals surface area contributed by atoms with E-state index in [1.807, 2.05) is 27.6 Å². The summed E-state index contributed by atoms with van der Waals surface area (Å²) in [5, 5.41) is 13.6. The third kappa shape index (κ3) is 2.70.